The van der Waals surface area contributed by atoms with Crippen molar-refractivity contribution in [1.29, 1.82) is 0 Å². The molecule has 0 bridgehead atoms. The van der Waals surface area contributed by atoms with Crippen LogP contribution in [0.15, 0.2) is 84.9 Å². The van der Waals surface area contributed by atoms with Crippen LogP contribution in [0.4, 0.5) is 11.4 Å². The van der Waals surface area contributed by atoms with Gasteiger partial charge in [-0.05, 0) is 43.1 Å². The van der Waals surface area contributed by atoms with Crippen molar-refractivity contribution in [2.24, 2.45) is 5.92 Å². The van der Waals surface area contributed by atoms with Crippen LogP contribution >= 0.6 is 0 Å². The molecule has 5 atom stereocenters. The summed E-state index contributed by atoms with van der Waals surface area (Å²) in [4.78, 5) is 5.31. The first-order valence-corrected chi connectivity index (χ1v) is 11.3. The van der Waals surface area contributed by atoms with Crippen LogP contribution in [0.2, 0.25) is 0 Å². The molecule has 0 radical (unpaired) electrons. The lowest BCUT2D eigenvalue weighted by molar-refractivity contribution is 0.0175. The van der Waals surface area contributed by atoms with Gasteiger partial charge in [0.2, 0.25) is 0 Å². The van der Waals surface area contributed by atoms with Gasteiger partial charge < -0.3 is 9.64 Å². The summed E-state index contributed by atoms with van der Waals surface area (Å²) in [7, 11) is 0. The number of hydrogen-bond donors (Lipinski definition) is 0. The van der Waals surface area contributed by atoms with Crippen molar-refractivity contribution < 1.29 is 4.74 Å². The summed E-state index contributed by atoms with van der Waals surface area (Å²) in [6.45, 7) is 2.00. The van der Waals surface area contributed by atoms with Gasteiger partial charge in [-0.3, -0.25) is 4.90 Å². The fourth-order valence-corrected chi connectivity index (χ4v) is 7.16. The van der Waals surface area contributed by atoms with Crippen LogP contribution in [0.3, 0.4) is 0 Å². The molecule has 0 N–H and O–H groups in total. The molecule has 4 heterocycles. The van der Waals surface area contributed by atoms with Gasteiger partial charge in [-0.2, -0.15) is 0 Å². The van der Waals surface area contributed by atoms with Crippen molar-refractivity contribution in [1.82, 2.24) is 4.90 Å². The lowest BCUT2D eigenvalue weighted by Crippen LogP contribution is -2.52. The monoisotopic (exact) mass is 394 g/mol. The lowest BCUT2D eigenvalue weighted by Gasteiger charge is -2.39. The summed E-state index contributed by atoms with van der Waals surface area (Å²) < 4.78 is 6.73. The lowest BCUT2D eigenvalue weighted by atomic mass is 9.73. The number of hydrogen-bond acceptors (Lipinski definition) is 3. The van der Waals surface area contributed by atoms with E-state index in [4.69, 9.17) is 4.74 Å². The van der Waals surface area contributed by atoms with Crippen LogP contribution in [-0.4, -0.2) is 30.3 Å². The van der Waals surface area contributed by atoms with Crippen LogP contribution in [0.5, 0.6) is 0 Å². The summed E-state index contributed by atoms with van der Waals surface area (Å²) in [5, 5.41) is 0. The molecule has 0 aliphatic carbocycles. The van der Waals surface area contributed by atoms with E-state index < -0.39 is 0 Å². The van der Waals surface area contributed by atoms with Crippen LogP contribution < -0.4 is 4.90 Å². The van der Waals surface area contributed by atoms with Crippen molar-refractivity contribution in [3.63, 3.8) is 0 Å². The standard InChI is InChI=1S/C27H26N2O/c1-3-10-19(11-4-1)25-22-18-30-26-27(22,28-17-9-16-24(25)28)21-14-7-8-15-23(21)29(26)20-12-5-2-6-13-20/h1-8,10-15,22,24-26H,9,16-18H2/t22-,24+,25-,26-,27-/m0/s1. The Hall–Kier alpha value is -2.62. The fourth-order valence-electron chi connectivity index (χ4n) is 7.16. The molecule has 4 aliphatic rings. The number of rotatable bonds is 2. The molecule has 1 spiro atoms. The van der Waals surface area contributed by atoms with Gasteiger partial charge in [0.05, 0.1) is 12.1 Å². The van der Waals surface area contributed by atoms with Crippen LogP contribution in [-0.2, 0) is 10.3 Å². The molecule has 3 aromatic rings. The van der Waals surface area contributed by atoms with Crippen molar-refractivity contribution in [2.45, 2.75) is 36.6 Å². The first-order chi connectivity index (χ1) is 14.9. The molecule has 0 saturated carbocycles. The minimum Gasteiger partial charge on any atom is -0.355 e. The summed E-state index contributed by atoms with van der Waals surface area (Å²) in [6, 6.07) is 31.7. The molecule has 4 aliphatic heterocycles. The number of nitrogens with zero attached hydrogens (tertiary/aromatic N) is 2. The molecule has 3 saturated heterocycles. The molecule has 3 aromatic carbocycles. The first kappa shape index (κ1) is 17.1. The predicted molar refractivity (Wildman–Crippen MR) is 119 cm³/mol. The fraction of sp³-hybridized carbons (Fsp3) is 0.333. The van der Waals surface area contributed by atoms with E-state index in [9.17, 15) is 0 Å². The third kappa shape index (κ3) is 1.98. The van der Waals surface area contributed by atoms with E-state index in [-0.39, 0.29) is 11.8 Å². The third-order valence-corrected chi connectivity index (χ3v) is 8.05. The van der Waals surface area contributed by atoms with Crippen LogP contribution in [0, 0.1) is 5.92 Å². The van der Waals surface area contributed by atoms with Crippen molar-refractivity contribution >= 4 is 11.4 Å². The highest BCUT2D eigenvalue weighted by atomic mass is 16.5. The Kier molecular flexibility index (Phi) is 3.53. The topological polar surface area (TPSA) is 15.7 Å². The van der Waals surface area contributed by atoms with Gasteiger partial charge in [0.15, 0.2) is 6.23 Å². The molecular formula is C27H26N2O. The van der Waals surface area contributed by atoms with Crippen LogP contribution in [0.1, 0.15) is 29.9 Å². The Balaban J connectivity index is 1.46. The average molecular weight is 395 g/mol. The second-order valence-corrected chi connectivity index (χ2v) is 9.18. The summed E-state index contributed by atoms with van der Waals surface area (Å²) >= 11 is 0. The number of benzene rings is 3. The second-order valence-electron chi connectivity index (χ2n) is 9.18. The number of para-hydroxylation sites is 2. The van der Waals surface area contributed by atoms with Gasteiger partial charge in [0.1, 0.15) is 0 Å². The zero-order valence-corrected chi connectivity index (χ0v) is 17.0. The van der Waals surface area contributed by atoms with E-state index in [1.54, 1.807) is 0 Å². The zero-order chi connectivity index (χ0) is 19.7. The molecule has 30 heavy (non-hydrogen) atoms. The van der Waals surface area contributed by atoms with Gasteiger partial charge in [-0.1, -0.05) is 66.7 Å². The first-order valence-electron chi connectivity index (χ1n) is 11.3. The summed E-state index contributed by atoms with van der Waals surface area (Å²) in [5.74, 6) is 1.01. The quantitative estimate of drug-likeness (QED) is 0.589. The van der Waals surface area contributed by atoms with Gasteiger partial charge in [0.25, 0.3) is 0 Å². The molecule has 0 aromatic heterocycles. The normalized spacial score (nSPS) is 33.9. The van der Waals surface area contributed by atoms with E-state index in [1.807, 2.05) is 0 Å². The Morgan fingerprint density at radius 2 is 1.57 bits per heavy atom. The van der Waals surface area contributed by atoms with Gasteiger partial charge in [0, 0.05) is 34.8 Å². The highest BCUT2D eigenvalue weighted by molar-refractivity contribution is 5.74. The summed E-state index contributed by atoms with van der Waals surface area (Å²) in [5.41, 5.74) is 5.43. The summed E-state index contributed by atoms with van der Waals surface area (Å²) in [6.07, 6.45) is 2.61. The minimum absolute atomic E-state index is 0.0385. The van der Waals surface area contributed by atoms with Gasteiger partial charge in [-0.15, -0.1) is 0 Å². The molecule has 0 unspecified atom stereocenters. The molecule has 7 rings (SSSR count). The van der Waals surface area contributed by atoms with Gasteiger partial charge in [-0.25, -0.2) is 0 Å². The number of fused-ring (bicyclic) bond motifs is 2. The van der Waals surface area contributed by atoms with Crippen molar-refractivity contribution in [3.8, 4) is 0 Å². The Labute approximate surface area is 177 Å². The average Bonchev–Trinajstić information content (AvgIpc) is 3.52. The molecular weight excluding hydrogens is 368 g/mol. The predicted octanol–water partition coefficient (Wildman–Crippen LogP) is 5.27. The van der Waals surface area contributed by atoms with E-state index in [2.05, 4.69) is 94.7 Å². The van der Waals surface area contributed by atoms with Crippen molar-refractivity contribution in [3.05, 3.63) is 96.1 Å². The highest BCUT2D eigenvalue weighted by Crippen LogP contribution is 2.67. The Bertz CT molecular complexity index is 1080. The zero-order valence-electron chi connectivity index (χ0n) is 17.0. The molecule has 0 amide bonds. The van der Waals surface area contributed by atoms with E-state index in [1.165, 1.54) is 41.9 Å². The minimum atomic E-state index is -0.0614. The third-order valence-electron chi connectivity index (χ3n) is 8.05. The maximum absolute atomic E-state index is 6.73. The Morgan fingerprint density at radius 3 is 2.40 bits per heavy atom. The van der Waals surface area contributed by atoms with E-state index in [0.29, 0.717) is 17.9 Å². The van der Waals surface area contributed by atoms with Crippen LogP contribution in [0.25, 0.3) is 0 Å². The van der Waals surface area contributed by atoms with E-state index >= 15 is 0 Å². The number of ether oxygens (including phenoxy) is 1. The molecule has 3 heteroatoms. The molecule has 3 fully saturated rings. The second kappa shape index (κ2) is 6.19. The van der Waals surface area contributed by atoms with Crippen molar-refractivity contribution in [2.75, 3.05) is 18.1 Å². The van der Waals surface area contributed by atoms with Gasteiger partial charge >= 0.3 is 0 Å². The number of anilines is 2. The smallest absolute Gasteiger partial charge is 0.157 e. The molecule has 3 nitrogen and oxygen atoms in total. The molecule has 150 valence electrons. The van der Waals surface area contributed by atoms with E-state index in [0.717, 1.165) is 6.61 Å². The largest absolute Gasteiger partial charge is 0.355 e. The highest BCUT2D eigenvalue weighted by Gasteiger charge is 2.71. The Morgan fingerprint density at radius 1 is 0.833 bits per heavy atom. The maximum atomic E-state index is 6.73. The SMILES string of the molecule is c1ccc([C@@H]2[C@H]3CCCN3[C@]34c5ccccc5N(c5ccccc5)[C@H]3OC[C@@H]24)cc1. The maximum Gasteiger partial charge on any atom is 0.157 e.